The number of carbonyl (C=O) groups is 2. The molecule has 7 heteroatoms. The molecule has 4 rings (SSSR count). The molecule has 0 saturated carbocycles. The molecule has 6 nitrogen and oxygen atoms in total. The zero-order chi connectivity index (χ0) is 21.8. The summed E-state index contributed by atoms with van der Waals surface area (Å²) in [6.45, 7) is 4.25. The fraction of sp³-hybridized carbons (Fsp3) is 0.417. The maximum Gasteiger partial charge on any atom is 0.253 e. The first kappa shape index (κ1) is 21.5. The van der Waals surface area contributed by atoms with E-state index in [9.17, 15) is 9.59 Å². The fourth-order valence-corrected chi connectivity index (χ4v) is 4.57. The van der Waals surface area contributed by atoms with Gasteiger partial charge in [-0.25, -0.2) is 0 Å². The molecular weight excluding hydrogens is 414 g/mol. The monoisotopic (exact) mass is 441 g/mol. The van der Waals surface area contributed by atoms with Crippen molar-refractivity contribution in [3.63, 3.8) is 0 Å². The number of hydrogen-bond donors (Lipinski definition) is 0. The lowest BCUT2D eigenvalue weighted by Gasteiger charge is -2.39. The highest BCUT2D eigenvalue weighted by Gasteiger charge is 2.32. The van der Waals surface area contributed by atoms with Crippen molar-refractivity contribution in [3.05, 3.63) is 59.1 Å². The van der Waals surface area contributed by atoms with E-state index in [0.717, 1.165) is 23.8 Å². The molecule has 2 aromatic carbocycles. The van der Waals surface area contributed by atoms with Gasteiger partial charge in [-0.2, -0.15) is 0 Å². The third kappa shape index (κ3) is 4.96. The lowest BCUT2D eigenvalue weighted by atomic mass is 9.94. The summed E-state index contributed by atoms with van der Waals surface area (Å²) in [6.07, 6.45) is 1.42. The number of rotatable bonds is 4. The minimum absolute atomic E-state index is 0.0000600. The first-order valence-corrected chi connectivity index (χ1v) is 11.2. The van der Waals surface area contributed by atoms with Gasteiger partial charge in [0.15, 0.2) is 0 Å². The molecule has 0 aromatic heterocycles. The number of amides is 2. The minimum atomic E-state index is -0.00733. The van der Waals surface area contributed by atoms with E-state index in [0.29, 0.717) is 50.3 Å². The number of piperazine rings is 1. The predicted octanol–water partition coefficient (Wildman–Crippen LogP) is 3.55. The number of carbonyl (C=O) groups excluding carboxylic acids is 2. The molecule has 0 bridgehead atoms. The summed E-state index contributed by atoms with van der Waals surface area (Å²) in [6, 6.07) is 15.1. The molecule has 0 spiro atoms. The Bertz CT molecular complexity index is 935. The molecule has 2 aliphatic heterocycles. The van der Waals surface area contributed by atoms with Gasteiger partial charge in [-0.15, -0.1) is 0 Å². The number of benzene rings is 2. The van der Waals surface area contributed by atoms with Gasteiger partial charge in [-0.3, -0.25) is 9.59 Å². The number of ether oxygens (including phenoxy) is 1. The van der Waals surface area contributed by atoms with E-state index in [2.05, 4.69) is 11.0 Å². The van der Waals surface area contributed by atoms with Gasteiger partial charge in [0.2, 0.25) is 5.91 Å². The molecule has 2 amide bonds. The smallest absolute Gasteiger partial charge is 0.253 e. The normalized spacial score (nSPS) is 17.5. The Morgan fingerprint density at radius 1 is 0.903 bits per heavy atom. The van der Waals surface area contributed by atoms with E-state index in [-0.39, 0.29) is 17.7 Å². The Morgan fingerprint density at radius 2 is 1.61 bits per heavy atom. The van der Waals surface area contributed by atoms with Gasteiger partial charge in [-0.1, -0.05) is 23.7 Å². The van der Waals surface area contributed by atoms with Gasteiger partial charge >= 0.3 is 0 Å². The Morgan fingerprint density at radius 3 is 2.29 bits per heavy atom. The number of halogens is 1. The van der Waals surface area contributed by atoms with Gasteiger partial charge in [0.25, 0.3) is 5.91 Å². The average molecular weight is 442 g/mol. The number of anilines is 1. The molecule has 2 aliphatic rings. The van der Waals surface area contributed by atoms with Crippen LogP contribution in [-0.4, -0.2) is 68.0 Å². The zero-order valence-corrected chi connectivity index (χ0v) is 18.6. The van der Waals surface area contributed by atoms with Gasteiger partial charge < -0.3 is 19.4 Å². The Hall–Kier alpha value is -2.73. The van der Waals surface area contributed by atoms with Crippen molar-refractivity contribution < 1.29 is 14.3 Å². The van der Waals surface area contributed by atoms with Crippen LogP contribution < -0.4 is 9.64 Å². The largest absolute Gasteiger partial charge is 0.497 e. The van der Waals surface area contributed by atoms with Gasteiger partial charge in [0.05, 0.1) is 7.11 Å². The lowest BCUT2D eigenvalue weighted by molar-refractivity contribution is -0.137. The molecule has 0 unspecified atom stereocenters. The van der Waals surface area contributed by atoms with Crippen LogP contribution in [0, 0.1) is 5.92 Å². The van der Waals surface area contributed by atoms with Crippen molar-refractivity contribution in [1.82, 2.24) is 9.80 Å². The van der Waals surface area contributed by atoms with Crippen molar-refractivity contribution in [1.29, 1.82) is 0 Å². The highest BCUT2D eigenvalue weighted by molar-refractivity contribution is 6.30. The third-order valence-corrected chi connectivity index (χ3v) is 6.45. The standard InChI is InChI=1S/C24H28ClN3O3/c1-31-22-7-2-4-19(16-22)24(30)27-10-8-18(9-11-27)23(29)28-14-12-26(13-15-28)21-6-3-5-20(25)17-21/h2-7,16-18H,8-15H2,1H3. The van der Waals surface area contributed by atoms with Gasteiger partial charge in [0.1, 0.15) is 5.75 Å². The molecule has 2 aromatic rings. The van der Waals surface area contributed by atoms with Crippen LogP contribution >= 0.6 is 11.6 Å². The molecule has 0 aliphatic carbocycles. The lowest BCUT2D eigenvalue weighted by Crippen LogP contribution is -2.52. The molecule has 31 heavy (non-hydrogen) atoms. The van der Waals surface area contributed by atoms with Crippen LogP contribution in [0.15, 0.2) is 48.5 Å². The summed E-state index contributed by atoms with van der Waals surface area (Å²) in [4.78, 5) is 31.9. The van der Waals surface area contributed by atoms with Crippen LogP contribution in [-0.2, 0) is 4.79 Å². The molecule has 2 heterocycles. The zero-order valence-electron chi connectivity index (χ0n) is 17.8. The topological polar surface area (TPSA) is 53.1 Å². The number of methoxy groups -OCH3 is 1. The maximum absolute atomic E-state index is 13.0. The molecule has 0 N–H and O–H groups in total. The number of hydrogen-bond acceptors (Lipinski definition) is 4. The van der Waals surface area contributed by atoms with Crippen molar-refractivity contribution in [2.24, 2.45) is 5.92 Å². The van der Waals surface area contributed by atoms with E-state index in [1.165, 1.54) is 0 Å². The van der Waals surface area contributed by atoms with E-state index in [1.54, 1.807) is 13.2 Å². The summed E-state index contributed by atoms with van der Waals surface area (Å²) in [7, 11) is 1.59. The number of piperidine rings is 1. The summed E-state index contributed by atoms with van der Waals surface area (Å²) in [5.74, 6) is 0.888. The predicted molar refractivity (Wildman–Crippen MR) is 122 cm³/mol. The van der Waals surface area contributed by atoms with Gasteiger partial charge in [-0.05, 0) is 49.2 Å². The van der Waals surface area contributed by atoms with E-state index >= 15 is 0 Å². The summed E-state index contributed by atoms with van der Waals surface area (Å²) >= 11 is 6.11. The fourth-order valence-electron chi connectivity index (χ4n) is 4.38. The Kier molecular flexibility index (Phi) is 6.66. The first-order valence-electron chi connectivity index (χ1n) is 10.8. The average Bonchev–Trinajstić information content (AvgIpc) is 2.83. The maximum atomic E-state index is 13.0. The molecule has 2 saturated heterocycles. The van der Waals surface area contributed by atoms with E-state index in [1.807, 2.05) is 46.2 Å². The van der Waals surface area contributed by atoms with Crippen LogP contribution in [0.1, 0.15) is 23.2 Å². The SMILES string of the molecule is COc1cccc(C(=O)N2CCC(C(=O)N3CCN(c4cccc(Cl)c4)CC3)CC2)c1. The molecular formula is C24H28ClN3O3. The highest BCUT2D eigenvalue weighted by atomic mass is 35.5. The summed E-state index contributed by atoms with van der Waals surface area (Å²) in [5.41, 5.74) is 1.73. The van der Waals surface area contributed by atoms with Gasteiger partial charge in [0, 0.05) is 61.5 Å². The molecule has 0 atom stereocenters. The molecule has 0 radical (unpaired) electrons. The van der Waals surface area contributed by atoms with Crippen molar-refractivity contribution in [2.75, 3.05) is 51.3 Å². The van der Waals surface area contributed by atoms with E-state index < -0.39 is 0 Å². The second-order valence-corrected chi connectivity index (χ2v) is 8.53. The number of likely N-dealkylation sites (tertiary alicyclic amines) is 1. The highest BCUT2D eigenvalue weighted by Crippen LogP contribution is 2.25. The van der Waals surface area contributed by atoms with Crippen LogP contribution in [0.25, 0.3) is 0 Å². The van der Waals surface area contributed by atoms with Crippen molar-refractivity contribution in [2.45, 2.75) is 12.8 Å². The minimum Gasteiger partial charge on any atom is -0.497 e. The second-order valence-electron chi connectivity index (χ2n) is 8.09. The number of nitrogens with zero attached hydrogens (tertiary/aromatic N) is 3. The summed E-state index contributed by atoms with van der Waals surface area (Å²) < 4.78 is 5.22. The third-order valence-electron chi connectivity index (χ3n) is 6.21. The molecule has 164 valence electrons. The van der Waals surface area contributed by atoms with E-state index in [4.69, 9.17) is 16.3 Å². The quantitative estimate of drug-likeness (QED) is 0.728. The molecule has 2 fully saturated rings. The van der Waals surface area contributed by atoms with Crippen LogP contribution in [0.3, 0.4) is 0 Å². The summed E-state index contributed by atoms with van der Waals surface area (Å²) in [5, 5.41) is 0.728. The van der Waals surface area contributed by atoms with Crippen molar-refractivity contribution in [3.8, 4) is 5.75 Å². The second kappa shape index (κ2) is 9.60. The van der Waals surface area contributed by atoms with Crippen LogP contribution in [0.2, 0.25) is 5.02 Å². The first-order chi connectivity index (χ1) is 15.0. The van der Waals surface area contributed by atoms with Crippen LogP contribution in [0.5, 0.6) is 5.75 Å². The van der Waals surface area contributed by atoms with Crippen LogP contribution in [0.4, 0.5) is 5.69 Å². The van der Waals surface area contributed by atoms with Crippen molar-refractivity contribution >= 4 is 29.1 Å². The Balaban J connectivity index is 1.28. The Labute approximate surface area is 188 Å².